The highest BCUT2D eigenvalue weighted by molar-refractivity contribution is 7.19. The molecule has 9 heteroatoms. The van der Waals surface area contributed by atoms with Crippen molar-refractivity contribution in [3.05, 3.63) is 23.5 Å². The van der Waals surface area contributed by atoms with Crippen molar-refractivity contribution in [3.8, 4) is 0 Å². The lowest BCUT2D eigenvalue weighted by molar-refractivity contribution is -0.144. The normalized spacial score (nSPS) is 24.7. The number of piperidine rings is 1. The van der Waals surface area contributed by atoms with Gasteiger partial charge in [-0.3, -0.25) is 14.6 Å². The number of fused-ring (bicyclic) bond motifs is 1. The van der Waals surface area contributed by atoms with E-state index in [1.165, 1.54) is 4.88 Å². The first-order chi connectivity index (χ1) is 12.6. The third kappa shape index (κ3) is 3.70. The number of nitrogens with zero attached hydrogens (tertiary/aromatic N) is 4. The molecular formula is C17H21ClN4O3S. The summed E-state index contributed by atoms with van der Waals surface area (Å²) in [5, 5.41) is 9.28. The van der Waals surface area contributed by atoms with Gasteiger partial charge in [0.15, 0.2) is 0 Å². The summed E-state index contributed by atoms with van der Waals surface area (Å²) < 4.78 is 6.56. The van der Waals surface area contributed by atoms with Crippen LogP contribution in [0.5, 0.6) is 0 Å². The van der Waals surface area contributed by atoms with Crippen LogP contribution in [-0.2, 0) is 9.53 Å². The Labute approximate surface area is 160 Å². The number of rotatable bonds is 4. The lowest BCUT2D eigenvalue weighted by atomic mass is 9.96. The second-order valence-electron chi connectivity index (χ2n) is 6.72. The summed E-state index contributed by atoms with van der Waals surface area (Å²) in [5.41, 5.74) is 0.623. The highest BCUT2D eigenvalue weighted by Gasteiger charge is 2.35. The van der Waals surface area contributed by atoms with Crippen LogP contribution in [0, 0.1) is 5.92 Å². The molecule has 2 saturated heterocycles. The smallest absolute Gasteiger partial charge is 0.306 e. The summed E-state index contributed by atoms with van der Waals surface area (Å²) in [5.74, 6) is -0.934. The van der Waals surface area contributed by atoms with Crippen LogP contribution in [0.4, 0.5) is 0 Å². The number of hydrogen-bond acceptors (Lipinski definition) is 7. The molecule has 0 bridgehead atoms. The van der Waals surface area contributed by atoms with E-state index >= 15 is 0 Å². The number of carboxylic acid groups (broad SMARTS) is 1. The zero-order chi connectivity index (χ0) is 18.1. The van der Waals surface area contributed by atoms with Crippen LogP contribution in [0.25, 0.3) is 10.2 Å². The summed E-state index contributed by atoms with van der Waals surface area (Å²) in [6.07, 6.45) is 4.81. The van der Waals surface area contributed by atoms with Gasteiger partial charge in [-0.15, -0.1) is 11.3 Å². The summed E-state index contributed by atoms with van der Waals surface area (Å²) in [6.45, 7) is 3.55. The van der Waals surface area contributed by atoms with Gasteiger partial charge < -0.3 is 9.84 Å². The number of thiophene rings is 1. The number of halogens is 1. The number of aromatic nitrogens is 2. The van der Waals surface area contributed by atoms with Gasteiger partial charge >= 0.3 is 5.97 Å². The molecule has 26 heavy (non-hydrogen) atoms. The van der Waals surface area contributed by atoms with E-state index in [1.807, 2.05) is 6.20 Å². The summed E-state index contributed by atoms with van der Waals surface area (Å²) in [7, 11) is 0. The number of carbonyl (C=O) groups is 1. The van der Waals surface area contributed by atoms with Gasteiger partial charge in [0.05, 0.1) is 28.9 Å². The zero-order valence-corrected chi connectivity index (χ0v) is 15.8. The topological polar surface area (TPSA) is 78.8 Å². The SMILES string of the molecule is O=C(O)C1CCN(C(c2cc3ncncc3s2)N2CCOC(Cl)C2)CC1. The Morgan fingerprint density at radius 3 is 2.85 bits per heavy atom. The van der Waals surface area contributed by atoms with Gasteiger partial charge in [-0.1, -0.05) is 11.6 Å². The van der Waals surface area contributed by atoms with E-state index in [1.54, 1.807) is 17.7 Å². The Kier molecular flexibility index (Phi) is 5.37. The maximum Gasteiger partial charge on any atom is 0.306 e. The lowest BCUT2D eigenvalue weighted by Gasteiger charge is -2.44. The number of ether oxygens (including phenoxy) is 1. The second-order valence-corrected chi connectivity index (χ2v) is 8.32. The van der Waals surface area contributed by atoms with Crippen molar-refractivity contribution in [3.63, 3.8) is 0 Å². The highest BCUT2D eigenvalue weighted by atomic mass is 35.5. The Morgan fingerprint density at radius 1 is 1.35 bits per heavy atom. The van der Waals surface area contributed by atoms with Crippen LogP contribution in [0.3, 0.4) is 0 Å². The highest BCUT2D eigenvalue weighted by Crippen LogP contribution is 2.37. The molecule has 140 valence electrons. The van der Waals surface area contributed by atoms with E-state index in [4.69, 9.17) is 16.3 Å². The van der Waals surface area contributed by atoms with E-state index in [9.17, 15) is 9.90 Å². The number of aliphatic carboxylic acids is 1. The minimum atomic E-state index is -0.689. The molecule has 0 radical (unpaired) electrons. The molecule has 4 rings (SSSR count). The van der Waals surface area contributed by atoms with Crippen LogP contribution in [0.15, 0.2) is 18.6 Å². The van der Waals surface area contributed by atoms with Crippen LogP contribution < -0.4 is 0 Å². The third-order valence-corrected chi connectivity index (χ3v) is 6.46. The molecule has 2 aromatic rings. The van der Waals surface area contributed by atoms with Crippen LogP contribution in [-0.4, -0.2) is 69.2 Å². The van der Waals surface area contributed by atoms with E-state index in [2.05, 4.69) is 25.8 Å². The quantitative estimate of drug-likeness (QED) is 0.795. The molecule has 2 fully saturated rings. The van der Waals surface area contributed by atoms with Crippen LogP contribution in [0.2, 0.25) is 0 Å². The molecule has 0 aromatic carbocycles. The van der Waals surface area contributed by atoms with Crippen molar-refractivity contribution in [2.75, 3.05) is 32.8 Å². The Bertz CT molecular complexity index is 747. The molecule has 2 atom stereocenters. The van der Waals surface area contributed by atoms with Gasteiger partial charge in [0.25, 0.3) is 0 Å². The molecule has 0 spiro atoms. The van der Waals surface area contributed by atoms with Crippen molar-refractivity contribution in [2.45, 2.75) is 24.6 Å². The molecule has 7 nitrogen and oxygen atoms in total. The molecule has 4 heterocycles. The van der Waals surface area contributed by atoms with Crippen molar-refractivity contribution in [1.82, 2.24) is 19.8 Å². The van der Waals surface area contributed by atoms with Crippen LogP contribution in [0.1, 0.15) is 23.9 Å². The van der Waals surface area contributed by atoms with Crippen molar-refractivity contribution in [1.29, 1.82) is 0 Å². The molecule has 1 N–H and O–H groups in total. The maximum absolute atomic E-state index is 11.3. The fraction of sp³-hybridized carbons (Fsp3) is 0.588. The zero-order valence-electron chi connectivity index (χ0n) is 14.3. The molecule has 2 aromatic heterocycles. The molecule has 2 aliphatic rings. The molecule has 0 saturated carbocycles. The maximum atomic E-state index is 11.3. The first-order valence-corrected chi connectivity index (χ1v) is 10.0. The van der Waals surface area contributed by atoms with Crippen molar-refractivity contribution in [2.24, 2.45) is 5.92 Å². The Hall–Kier alpha value is -1.32. The van der Waals surface area contributed by atoms with E-state index in [0.717, 1.165) is 29.9 Å². The third-order valence-electron chi connectivity index (χ3n) is 5.09. The number of hydrogen-bond donors (Lipinski definition) is 1. The average Bonchev–Trinajstić information content (AvgIpc) is 3.06. The average molecular weight is 397 g/mol. The number of likely N-dealkylation sites (tertiary alicyclic amines) is 1. The Balaban J connectivity index is 1.62. The predicted molar refractivity (Wildman–Crippen MR) is 99.3 cm³/mol. The summed E-state index contributed by atoms with van der Waals surface area (Å²) in [4.78, 5) is 25.7. The fourth-order valence-corrected chi connectivity index (χ4v) is 5.19. The number of morpholine rings is 1. The van der Waals surface area contributed by atoms with Gasteiger partial charge in [-0.25, -0.2) is 9.97 Å². The van der Waals surface area contributed by atoms with Crippen molar-refractivity contribution < 1.29 is 14.6 Å². The summed E-state index contributed by atoms with van der Waals surface area (Å²) in [6, 6.07) is 2.12. The monoisotopic (exact) mass is 396 g/mol. The molecule has 2 aliphatic heterocycles. The lowest BCUT2D eigenvalue weighted by Crippen LogP contribution is -2.50. The van der Waals surface area contributed by atoms with Crippen LogP contribution >= 0.6 is 22.9 Å². The molecular weight excluding hydrogens is 376 g/mol. The number of alkyl halides is 1. The van der Waals surface area contributed by atoms with Gasteiger partial charge in [-0.05, 0) is 18.9 Å². The van der Waals surface area contributed by atoms with Crippen molar-refractivity contribution >= 4 is 39.1 Å². The van der Waals surface area contributed by atoms with E-state index in [0.29, 0.717) is 26.0 Å². The first-order valence-electron chi connectivity index (χ1n) is 8.78. The van der Waals surface area contributed by atoms with Gasteiger partial charge in [0.1, 0.15) is 11.9 Å². The first kappa shape index (κ1) is 18.1. The molecule has 0 aliphatic carbocycles. The Morgan fingerprint density at radius 2 is 2.15 bits per heavy atom. The largest absolute Gasteiger partial charge is 0.481 e. The van der Waals surface area contributed by atoms with E-state index in [-0.39, 0.29) is 17.6 Å². The number of carboxylic acids is 1. The van der Waals surface area contributed by atoms with Gasteiger partial charge in [-0.2, -0.15) is 0 Å². The fourth-order valence-electron chi connectivity index (χ4n) is 3.76. The standard InChI is InChI=1S/C17H21ClN4O3S/c18-15-9-22(5-6-25-15)16(21-3-1-11(2-4-21)17(23)24)13-7-12-14(26-13)8-19-10-20-12/h7-8,10-11,15-16H,1-6,9H2,(H,23,24). The minimum Gasteiger partial charge on any atom is -0.481 e. The van der Waals surface area contributed by atoms with Gasteiger partial charge in [0.2, 0.25) is 0 Å². The molecule has 2 unspecified atom stereocenters. The minimum absolute atomic E-state index is 0.0640. The van der Waals surface area contributed by atoms with E-state index < -0.39 is 5.97 Å². The molecule has 0 amide bonds. The van der Waals surface area contributed by atoms with Gasteiger partial charge in [0, 0.05) is 37.3 Å². The predicted octanol–water partition coefficient (Wildman–Crippen LogP) is 2.38. The summed E-state index contributed by atoms with van der Waals surface area (Å²) >= 11 is 7.94. The second kappa shape index (κ2) is 7.74.